The van der Waals surface area contributed by atoms with E-state index in [2.05, 4.69) is 10.3 Å². The van der Waals surface area contributed by atoms with E-state index < -0.39 is 24.0 Å². The molecule has 1 saturated carbocycles. The van der Waals surface area contributed by atoms with E-state index in [1.54, 1.807) is 4.90 Å². The van der Waals surface area contributed by atoms with Crippen molar-refractivity contribution in [3.63, 3.8) is 0 Å². The fourth-order valence-electron chi connectivity index (χ4n) is 5.23. The number of nitrogens with one attached hydrogen (secondary N) is 1. The fraction of sp³-hybridized carbons (Fsp3) is 0.448. The van der Waals surface area contributed by atoms with E-state index >= 15 is 0 Å². The molecule has 1 heterocycles. The zero-order valence-electron chi connectivity index (χ0n) is 21.2. The van der Waals surface area contributed by atoms with Gasteiger partial charge in [-0.2, -0.15) is 0 Å². The van der Waals surface area contributed by atoms with Gasteiger partial charge in [0.2, 0.25) is 12.1 Å². The van der Waals surface area contributed by atoms with Gasteiger partial charge in [-0.1, -0.05) is 74.7 Å². The van der Waals surface area contributed by atoms with Gasteiger partial charge in [0, 0.05) is 17.2 Å². The number of ketones is 1. The predicted molar refractivity (Wildman–Crippen MR) is 142 cm³/mol. The van der Waals surface area contributed by atoms with Crippen molar-refractivity contribution in [3.05, 3.63) is 65.2 Å². The van der Waals surface area contributed by atoms with E-state index in [4.69, 9.17) is 5.73 Å². The number of amides is 2. The largest absolute Gasteiger partial charge is 0.325 e. The molecule has 36 heavy (non-hydrogen) atoms. The van der Waals surface area contributed by atoms with Crippen LogP contribution in [0.4, 0.5) is 5.69 Å². The van der Waals surface area contributed by atoms with E-state index in [0.717, 1.165) is 54.5 Å². The summed E-state index contributed by atoms with van der Waals surface area (Å²) in [5.41, 5.74) is 10.3. The molecule has 0 saturated heterocycles. The summed E-state index contributed by atoms with van der Waals surface area (Å²) in [6.45, 7) is 3.89. The van der Waals surface area contributed by atoms with E-state index in [-0.39, 0.29) is 18.2 Å². The molecule has 0 bridgehead atoms. The first-order valence-corrected chi connectivity index (χ1v) is 13.0. The van der Waals surface area contributed by atoms with Crippen LogP contribution in [0, 0.1) is 12.8 Å². The number of aryl methyl sites for hydroxylation is 1. The van der Waals surface area contributed by atoms with Crippen LogP contribution in [0.5, 0.6) is 0 Å². The lowest BCUT2D eigenvalue weighted by Gasteiger charge is -2.29. The van der Waals surface area contributed by atoms with Gasteiger partial charge in [-0.25, -0.2) is 0 Å². The molecule has 4 rings (SSSR count). The minimum absolute atomic E-state index is 0.0176. The van der Waals surface area contributed by atoms with Gasteiger partial charge in [0.05, 0.1) is 18.3 Å². The number of aliphatic imine (C=N–C) groups is 1. The number of fused-ring (bicyclic) bond motifs is 1. The van der Waals surface area contributed by atoms with Crippen molar-refractivity contribution in [1.29, 1.82) is 0 Å². The minimum Gasteiger partial charge on any atom is -0.325 e. The summed E-state index contributed by atoms with van der Waals surface area (Å²) in [6, 6.07) is 14.5. The number of rotatable bonds is 8. The second kappa shape index (κ2) is 11.6. The van der Waals surface area contributed by atoms with Gasteiger partial charge in [-0.3, -0.25) is 19.4 Å². The van der Waals surface area contributed by atoms with Crippen molar-refractivity contribution in [2.75, 3.05) is 11.4 Å². The van der Waals surface area contributed by atoms with Gasteiger partial charge in [0.15, 0.2) is 5.78 Å². The first kappa shape index (κ1) is 25.8. The molecule has 1 aliphatic heterocycles. The zero-order valence-corrected chi connectivity index (χ0v) is 21.2. The molecule has 2 amide bonds. The number of carbonyl (C=O) groups is 3. The number of hydrogen-bond acceptors (Lipinski definition) is 5. The summed E-state index contributed by atoms with van der Waals surface area (Å²) in [5.74, 6) is -0.805. The Morgan fingerprint density at radius 1 is 1.08 bits per heavy atom. The van der Waals surface area contributed by atoms with Crippen LogP contribution in [-0.2, 0) is 20.8 Å². The third-order valence-corrected chi connectivity index (χ3v) is 7.23. The van der Waals surface area contributed by atoms with Crippen LogP contribution in [0.3, 0.4) is 0 Å². The van der Waals surface area contributed by atoms with Crippen LogP contribution in [0.25, 0.3) is 0 Å². The van der Waals surface area contributed by atoms with Crippen molar-refractivity contribution in [1.82, 2.24) is 5.32 Å². The maximum atomic E-state index is 13.9. The van der Waals surface area contributed by atoms with Crippen molar-refractivity contribution in [2.24, 2.45) is 16.6 Å². The average molecular weight is 489 g/mol. The van der Waals surface area contributed by atoms with E-state index in [1.165, 1.54) is 0 Å². The number of para-hydroxylation sites is 1. The van der Waals surface area contributed by atoms with Crippen molar-refractivity contribution in [2.45, 2.75) is 71.0 Å². The molecule has 3 N–H and O–H groups in total. The molecule has 1 unspecified atom stereocenters. The van der Waals surface area contributed by atoms with Gasteiger partial charge in [0.25, 0.3) is 5.91 Å². The Kier molecular flexibility index (Phi) is 8.31. The maximum Gasteiger partial charge on any atom is 0.272 e. The standard InChI is InChI=1S/C29H36N4O3/c1-3-24-22-16-10-11-19(2)26(22)33(18-25(34)21-14-8-5-9-15-21)29(36)27(31-24)32-28(35)23(30)17-20-12-6-4-7-13-20/h4,6-7,10-13,16,21,23,27H,3,5,8-9,14-15,17-18,30H2,1-2H3,(H,32,35)/t23?,27-/m1/s1. The molecule has 0 aromatic heterocycles. The molecule has 1 aliphatic carbocycles. The summed E-state index contributed by atoms with van der Waals surface area (Å²) in [4.78, 5) is 46.4. The number of hydrogen-bond donors (Lipinski definition) is 2. The molecule has 190 valence electrons. The van der Waals surface area contributed by atoms with Crippen LogP contribution in [0.15, 0.2) is 53.5 Å². The Morgan fingerprint density at radius 3 is 2.50 bits per heavy atom. The lowest BCUT2D eigenvalue weighted by atomic mass is 9.86. The van der Waals surface area contributed by atoms with Crippen LogP contribution >= 0.6 is 0 Å². The van der Waals surface area contributed by atoms with Gasteiger partial charge < -0.3 is 16.0 Å². The first-order chi connectivity index (χ1) is 17.4. The third-order valence-electron chi connectivity index (χ3n) is 7.23. The maximum absolute atomic E-state index is 13.9. The van der Waals surface area contributed by atoms with Crippen molar-refractivity contribution >= 4 is 29.0 Å². The normalized spacial score (nSPS) is 19.2. The van der Waals surface area contributed by atoms with Gasteiger partial charge in [-0.05, 0) is 43.7 Å². The summed E-state index contributed by atoms with van der Waals surface area (Å²) in [5, 5.41) is 2.78. The van der Waals surface area contributed by atoms with Crippen LogP contribution in [0.1, 0.15) is 62.1 Å². The first-order valence-electron chi connectivity index (χ1n) is 13.0. The summed E-state index contributed by atoms with van der Waals surface area (Å²) in [7, 11) is 0. The Balaban J connectivity index is 1.61. The molecule has 2 atom stereocenters. The monoisotopic (exact) mass is 488 g/mol. The highest BCUT2D eigenvalue weighted by Gasteiger charge is 2.36. The topological polar surface area (TPSA) is 105 Å². The highest BCUT2D eigenvalue weighted by Crippen LogP contribution is 2.32. The van der Waals surface area contributed by atoms with E-state index in [9.17, 15) is 14.4 Å². The molecule has 0 spiro atoms. The fourth-order valence-corrected chi connectivity index (χ4v) is 5.23. The van der Waals surface area contributed by atoms with E-state index in [1.807, 2.05) is 62.4 Å². The van der Waals surface area contributed by atoms with Gasteiger partial charge in [-0.15, -0.1) is 0 Å². The summed E-state index contributed by atoms with van der Waals surface area (Å²) in [6.07, 6.45) is 4.76. The highest BCUT2D eigenvalue weighted by atomic mass is 16.2. The lowest BCUT2D eigenvalue weighted by Crippen LogP contribution is -2.53. The Morgan fingerprint density at radius 2 is 1.81 bits per heavy atom. The number of nitrogens with zero attached hydrogens (tertiary/aromatic N) is 2. The lowest BCUT2D eigenvalue weighted by molar-refractivity contribution is -0.129. The van der Waals surface area contributed by atoms with Gasteiger partial charge in [0.1, 0.15) is 0 Å². The molecule has 7 heteroatoms. The minimum atomic E-state index is -1.14. The summed E-state index contributed by atoms with van der Waals surface area (Å²) >= 11 is 0. The van der Waals surface area contributed by atoms with Crippen molar-refractivity contribution in [3.8, 4) is 0 Å². The Hall–Kier alpha value is -3.32. The average Bonchev–Trinajstić information content (AvgIpc) is 3.00. The van der Waals surface area contributed by atoms with Crippen molar-refractivity contribution < 1.29 is 14.4 Å². The smallest absolute Gasteiger partial charge is 0.272 e. The second-order valence-corrected chi connectivity index (χ2v) is 9.83. The molecule has 2 aromatic carbocycles. The zero-order chi connectivity index (χ0) is 25.7. The van der Waals surface area contributed by atoms with Crippen LogP contribution in [-0.4, -0.2) is 42.1 Å². The number of anilines is 1. The molecular weight excluding hydrogens is 452 g/mol. The van der Waals surface area contributed by atoms with Gasteiger partial charge >= 0.3 is 0 Å². The Labute approximate surface area is 213 Å². The third kappa shape index (κ3) is 5.73. The number of benzodiazepines with no additional fused rings is 1. The number of carbonyl (C=O) groups excluding carboxylic acids is 3. The summed E-state index contributed by atoms with van der Waals surface area (Å²) < 4.78 is 0. The number of nitrogens with two attached hydrogens (primary N) is 1. The second-order valence-electron chi connectivity index (χ2n) is 9.83. The molecule has 0 radical (unpaired) electrons. The van der Waals surface area contributed by atoms with Crippen LogP contribution < -0.4 is 16.0 Å². The quantitative estimate of drug-likeness (QED) is 0.591. The molecular formula is C29H36N4O3. The SMILES string of the molecule is CCC1=N[C@H](NC(=O)C(N)Cc2ccccc2)C(=O)N(CC(=O)C2CCCCC2)c2c(C)cccc21. The van der Waals surface area contributed by atoms with Crippen LogP contribution in [0.2, 0.25) is 0 Å². The highest BCUT2D eigenvalue weighted by molar-refractivity contribution is 6.15. The molecule has 7 nitrogen and oxygen atoms in total. The predicted octanol–water partition coefficient (Wildman–Crippen LogP) is 3.70. The van der Waals surface area contributed by atoms with E-state index in [0.29, 0.717) is 18.5 Å². The number of benzene rings is 2. The molecule has 2 aromatic rings. The molecule has 1 fully saturated rings. The molecule has 2 aliphatic rings. The number of Topliss-reactive ketones (excluding diaryl/α,β-unsaturated/α-hetero) is 1. The Bertz CT molecular complexity index is 1140.